The van der Waals surface area contributed by atoms with Crippen molar-refractivity contribution in [1.29, 1.82) is 0 Å². The lowest BCUT2D eigenvalue weighted by atomic mass is 9.44. The van der Waals surface area contributed by atoms with Crippen LogP contribution in [0.3, 0.4) is 0 Å². The Morgan fingerprint density at radius 1 is 0.667 bits per heavy atom. The minimum Gasteiger partial charge on any atom is -0.480 e. The van der Waals surface area contributed by atoms with E-state index in [1.807, 2.05) is 0 Å². The van der Waals surface area contributed by atoms with Gasteiger partial charge in [0.1, 0.15) is 6.04 Å². The van der Waals surface area contributed by atoms with Crippen molar-refractivity contribution in [3.63, 3.8) is 0 Å². The molecule has 0 aromatic rings. The van der Waals surface area contributed by atoms with Gasteiger partial charge in [-0.05, 0) is 111 Å². The average molecular weight is 670 g/mol. The molecule has 0 aromatic carbocycles. The molecule has 4 aliphatic carbocycles. The standard InChI is InChI=1S/C44H79NO3/c1-5-6-7-8-9-10-11-12-13-14-15-16-17-18-19-20-21-25-41(46)45-40(42(47)48)33-34(2)37-28-29-38-36-27-26-35-24-22-23-31-43(35,3)39(36)30-32-44(37,38)4/h34-40H,5-33H2,1-4H3,(H,45,46)(H,47,48)/t34-,35?,36+,37-,38+,39+,40?,43+,44-/m1/s1. The smallest absolute Gasteiger partial charge is 0.326 e. The molecule has 0 aromatic heterocycles. The Morgan fingerprint density at radius 2 is 1.23 bits per heavy atom. The summed E-state index contributed by atoms with van der Waals surface area (Å²) in [7, 11) is 0. The molecule has 0 aliphatic heterocycles. The van der Waals surface area contributed by atoms with Gasteiger partial charge >= 0.3 is 5.97 Å². The first-order valence-corrected chi connectivity index (χ1v) is 21.7. The number of fused-ring (bicyclic) bond motifs is 5. The molecule has 4 rings (SSSR count). The summed E-state index contributed by atoms with van der Waals surface area (Å²) < 4.78 is 0. The molecule has 0 radical (unpaired) electrons. The third-order valence-electron chi connectivity index (χ3n) is 15.1. The summed E-state index contributed by atoms with van der Waals surface area (Å²) in [5.41, 5.74) is 0.899. The Balaban J connectivity index is 1.07. The van der Waals surface area contributed by atoms with Gasteiger partial charge in [-0.25, -0.2) is 4.79 Å². The van der Waals surface area contributed by atoms with Crippen LogP contribution >= 0.6 is 0 Å². The van der Waals surface area contributed by atoms with Crippen LogP contribution in [0.5, 0.6) is 0 Å². The zero-order valence-electron chi connectivity index (χ0n) is 32.3. The number of rotatable bonds is 23. The number of carboxylic acids is 1. The molecule has 2 unspecified atom stereocenters. The Morgan fingerprint density at radius 3 is 1.81 bits per heavy atom. The second kappa shape index (κ2) is 20.1. The van der Waals surface area contributed by atoms with Crippen LogP contribution in [0.4, 0.5) is 0 Å². The normalized spacial score (nSPS) is 32.5. The predicted octanol–water partition coefficient (Wildman–Crippen LogP) is 12.7. The van der Waals surface area contributed by atoms with Gasteiger partial charge in [0.05, 0.1) is 0 Å². The van der Waals surface area contributed by atoms with Crippen LogP contribution < -0.4 is 5.32 Å². The van der Waals surface area contributed by atoms with Gasteiger partial charge in [-0.3, -0.25) is 4.79 Å². The molecule has 4 fully saturated rings. The summed E-state index contributed by atoms with van der Waals surface area (Å²) in [5, 5.41) is 13.1. The largest absolute Gasteiger partial charge is 0.480 e. The second-order valence-corrected chi connectivity index (χ2v) is 18.2. The predicted molar refractivity (Wildman–Crippen MR) is 202 cm³/mol. The molecule has 278 valence electrons. The first kappa shape index (κ1) is 39.7. The van der Waals surface area contributed by atoms with Crippen LogP contribution in [0, 0.1) is 46.3 Å². The Labute approximate surface area is 297 Å². The zero-order chi connectivity index (χ0) is 34.4. The van der Waals surface area contributed by atoms with Crippen LogP contribution in [0.1, 0.15) is 214 Å². The second-order valence-electron chi connectivity index (χ2n) is 18.2. The molecule has 48 heavy (non-hydrogen) atoms. The van der Waals surface area contributed by atoms with Gasteiger partial charge in [-0.1, -0.05) is 143 Å². The van der Waals surface area contributed by atoms with Gasteiger partial charge in [0.15, 0.2) is 0 Å². The van der Waals surface area contributed by atoms with Gasteiger partial charge in [-0.2, -0.15) is 0 Å². The van der Waals surface area contributed by atoms with Crippen LogP contribution in [0.2, 0.25) is 0 Å². The van der Waals surface area contributed by atoms with E-state index in [2.05, 4.69) is 33.0 Å². The highest BCUT2D eigenvalue weighted by Gasteiger charge is 2.60. The number of unbranched alkanes of at least 4 members (excludes halogenated alkanes) is 16. The SMILES string of the molecule is CCCCCCCCCCCCCCCCCCCC(=O)NC(C[C@@H](C)[C@H]1CC[C@H]2[C@@H]3CCC4CCCC[C@]4(C)[C@H]3CC[C@]12C)C(=O)O. The van der Waals surface area contributed by atoms with Crippen molar-refractivity contribution in [2.75, 3.05) is 0 Å². The number of carbonyl (C=O) groups excluding carboxylic acids is 1. The first-order valence-electron chi connectivity index (χ1n) is 21.7. The number of carboxylic acid groups (broad SMARTS) is 1. The molecule has 0 bridgehead atoms. The van der Waals surface area contributed by atoms with Gasteiger partial charge in [0.2, 0.25) is 5.91 Å². The number of carbonyl (C=O) groups is 2. The maximum absolute atomic E-state index is 12.8. The van der Waals surface area contributed by atoms with Crippen LogP contribution in [0.25, 0.3) is 0 Å². The molecule has 0 heterocycles. The highest BCUT2D eigenvalue weighted by molar-refractivity contribution is 5.83. The molecular formula is C44H79NO3. The minimum absolute atomic E-state index is 0.0657. The molecule has 0 spiro atoms. The summed E-state index contributed by atoms with van der Waals surface area (Å²) in [6.45, 7) is 9.81. The molecule has 4 saturated carbocycles. The summed E-state index contributed by atoms with van der Waals surface area (Å²) in [5.74, 6) is 3.51. The molecule has 4 nitrogen and oxygen atoms in total. The number of hydrogen-bond donors (Lipinski definition) is 2. The molecule has 4 heteroatoms. The lowest BCUT2D eigenvalue weighted by Crippen LogP contribution is -2.53. The minimum atomic E-state index is -0.857. The van der Waals surface area contributed by atoms with Crippen LogP contribution in [-0.2, 0) is 9.59 Å². The van der Waals surface area contributed by atoms with E-state index >= 15 is 0 Å². The fourth-order valence-electron chi connectivity index (χ4n) is 12.3. The maximum Gasteiger partial charge on any atom is 0.326 e. The summed E-state index contributed by atoms with van der Waals surface area (Å²) in [6.07, 6.45) is 37.5. The van der Waals surface area contributed by atoms with Gasteiger partial charge < -0.3 is 10.4 Å². The van der Waals surface area contributed by atoms with Gasteiger partial charge in [0, 0.05) is 6.42 Å². The summed E-state index contributed by atoms with van der Waals surface area (Å²) >= 11 is 0. The van der Waals surface area contributed by atoms with Gasteiger partial charge in [-0.15, -0.1) is 0 Å². The molecule has 4 aliphatic rings. The van der Waals surface area contributed by atoms with E-state index in [1.54, 1.807) is 0 Å². The fraction of sp³-hybridized carbons (Fsp3) is 0.955. The fourth-order valence-corrected chi connectivity index (χ4v) is 12.3. The van der Waals surface area contributed by atoms with Crippen LogP contribution in [0.15, 0.2) is 0 Å². The summed E-state index contributed by atoms with van der Waals surface area (Å²) in [4.78, 5) is 25.2. The van der Waals surface area contributed by atoms with E-state index < -0.39 is 12.0 Å². The van der Waals surface area contributed by atoms with E-state index in [0.29, 0.717) is 35.5 Å². The Hall–Kier alpha value is -1.06. The first-order chi connectivity index (χ1) is 23.2. The number of nitrogens with one attached hydrogen (secondary N) is 1. The van der Waals surface area contributed by atoms with E-state index in [4.69, 9.17) is 0 Å². The maximum atomic E-state index is 12.8. The third-order valence-corrected chi connectivity index (χ3v) is 15.1. The van der Waals surface area contributed by atoms with Crippen molar-refractivity contribution < 1.29 is 14.7 Å². The quantitative estimate of drug-likeness (QED) is 0.106. The number of aliphatic carboxylic acids is 1. The van der Waals surface area contributed by atoms with Crippen LogP contribution in [-0.4, -0.2) is 23.0 Å². The highest BCUT2D eigenvalue weighted by atomic mass is 16.4. The van der Waals surface area contributed by atoms with E-state index in [1.165, 1.54) is 161 Å². The Kier molecular flexibility index (Phi) is 16.6. The highest BCUT2D eigenvalue weighted by Crippen LogP contribution is 2.68. The number of amides is 1. The van der Waals surface area contributed by atoms with Crippen molar-refractivity contribution in [3.8, 4) is 0 Å². The molecule has 2 N–H and O–H groups in total. The molecule has 1 amide bonds. The topological polar surface area (TPSA) is 66.4 Å². The lowest BCUT2D eigenvalue weighted by Gasteiger charge is -2.61. The van der Waals surface area contributed by atoms with Crippen molar-refractivity contribution >= 4 is 11.9 Å². The molecule has 9 atom stereocenters. The molecular weight excluding hydrogens is 590 g/mol. The van der Waals surface area contributed by atoms with Gasteiger partial charge in [0.25, 0.3) is 0 Å². The Bertz CT molecular complexity index is 949. The zero-order valence-corrected chi connectivity index (χ0v) is 32.3. The lowest BCUT2D eigenvalue weighted by molar-refractivity contribution is -0.143. The van der Waals surface area contributed by atoms with Crippen molar-refractivity contribution in [2.24, 2.45) is 46.3 Å². The third kappa shape index (κ3) is 10.7. The van der Waals surface area contributed by atoms with E-state index in [0.717, 1.165) is 36.5 Å². The average Bonchev–Trinajstić information content (AvgIpc) is 3.43. The van der Waals surface area contributed by atoms with E-state index in [9.17, 15) is 14.7 Å². The van der Waals surface area contributed by atoms with Crippen molar-refractivity contribution in [1.82, 2.24) is 5.32 Å². The number of hydrogen-bond acceptors (Lipinski definition) is 2. The van der Waals surface area contributed by atoms with E-state index in [-0.39, 0.29) is 5.91 Å². The molecule has 0 saturated heterocycles. The monoisotopic (exact) mass is 670 g/mol. The summed E-state index contributed by atoms with van der Waals surface area (Å²) in [6, 6.07) is -0.756. The van der Waals surface area contributed by atoms with Crippen molar-refractivity contribution in [3.05, 3.63) is 0 Å². The van der Waals surface area contributed by atoms with Crippen molar-refractivity contribution in [2.45, 2.75) is 220 Å².